The Hall–Kier alpha value is -1.83. The summed E-state index contributed by atoms with van der Waals surface area (Å²) in [6.45, 7) is 9.76. The second-order valence-corrected chi connectivity index (χ2v) is 6.04. The predicted octanol–water partition coefficient (Wildman–Crippen LogP) is 3.51. The van der Waals surface area contributed by atoms with Crippen LogP contribution in [0.2, 0.25) is 0 Å². The molecule has 6 heteroatoms. The molecule has 0 aliphatic rings. The Balaban J connectivity index is 0.00000338. The summed E-state index contributed by atoms with van der Waals surface area (Å²) in [4.78, 5) is 11.0. The standard InChI is InChI=1S/C20H29N5.HI/c1-5-25(18-10-6-8-16(2)14-18)13-12-23-20(21-4)24-15-19-17(3)9-7-11-22-19;/h6-11,14H,5,12-13,15H2,1-4H3,(H2,21,23,24);1H. The molecular formula is C20H30IN5. The van der Waals surface area contributed by atoms with Crippen molar-refractivity contribution in [1.82, 2.24) is 15.6 Å². The Kier molecular flexibility index (Phi) is 10.0. The number of guanidine groups is 1. The molecule has 0 radical (unpaired) electrons. The number of hydrogen-bond acceptors (Lipinski definition) is 3. The van der Waals surface area contributed by atoms with Crippen molar-refractivity contribution < 1.29 is 0 Å². The van der Waals surface area contributed by atoms with E-state index in [0.717, 1.165) is 31.3 Å². The molecule has 2 aromatic rings. The summed E-state index contributed by atoms with van der Waals surface area (Å²) in [5, 5.41) is 6.70. The lowest BCUT2D eigenvalue weighted by atomic mass is 10.2. The number of benzene rings is 1. The van der Waals surface area contributed by atoms with Crippen LogP contribution in [-0.2, 0) is 6.54 Å². The second kappa shape index (κ2) is 11.7. The van der Waals surface area contributed by atoms with Gasteiger partial charge in [-0.2, -0.15) is 0 Å². The molecule has 142 valence electrons. The van der Waals surface area contributed by atoms with Crippen molar-refractivity contribution in [1.29, 1.82) is 0 Å². The Morgan fingerprint density at radius 1 is 1.15 bits per heavy atom. The third-order valence-corrected chi connectivity index (χ3v) is 4.19. The Bertz CT molecular complexity index is 702. The number of nitrogens with one attached hydrogen (secondary N) is 2. The lowest BCUT2D eigenvalue weighted by Gasteiger charge is -2.24. The van der Waals surface area contributed by atoms with Crippen molar-refractivity contribution in [3.8, 4) is 0 Å². The van der Waals surface area contributed by atoms with Gasteiger partial charge in [-0.25, -0.2) is 0 Å². The predicted molar refractivity (Wildman–Crippen MR) is 122 cm³/mol. The highest BCUT2D eigenvalue weighted by Gasteiger charge is 2.05. The molecule has 0 aliphatic heterocycles. The van der Waals surface area contributed by atoms with Gasteiger partial charge in [-0.05, 0) is 50.1 Å². The molecule has 5 nitrogen and oxygen atoms in total. The van der Waals surface area contributed by atoms with Crippen LogP contribution < -0.4 is 15.5 Å². The fourth-order valence-corrected chi connectivity index (χ4v) is 2.70. The lowest BCUT2D eigenvalue weighted by molar-refractivity contribution is 0.744. The van der Waals surface area contributed by atoms with Crippen molar-refractivity contribution in [3.63, 3.8) is 0 Å². The molecule has 1 heterocycles. The highest BCUT2D eigenvalue weighted by molar-refractivity contribution is 14.0. The minimum absolute atomic E-state index is 0. The van der Waals surface area contributed by atoms with Crippen LogP contribution in [0.3, 0.4) is 0 Å². The van der Waals surface area contributed by atoms with Gasteiger partial charge in [-0.1, -0.05) is 18.2 Å². The number of halogens is 1. The van der Waals surface area contributed by atoms with E-state index in [1.165, 1.54) is 16.8 Å². The number of pyridine rings is 1. The van der Waals surface area contributed by atoms with Crippen molar-refractivity contribution in [2.45, 2.75) is 27.3 Å². The zero-order chi connectivity index (χ0) is 18.1. The van der Waals surface area contributed by atoms with Crippen LogP contribution in [-0.4, -0.2) is 37.6 Å². The fraction of sp³-hybridized carbons (Fsp3) is 0.400. The molecule has 0 unspecified atom stereocenters. The molecule has 2 N–H and O–H groups in total. The quantitative estimate of drug-likeness (QED) is 0.372. The molecule has 0 saturated heterocycles. The van der Waals surface area contributed by atoms with Gasteiger partial charge in [0.05, 0.1) is 12.2 Å². The first-order valence-corrected chi connectivity index (χ1v) is 8.80. The first kappa shape index (κ1) is 22.2. The number of aryl methyl sites for hydroxylation is 2. The number of hydrogen-bond donors (Lipinski definition) is 2. The summed E-state index contributed by atoms with van der Waals surface area (Å²) < 4.78 is 0. The van der Waals surface area contributed by atoms with E-state index in [1.54, 1.807) is 7.05 Å². The largest absolute Gasteiger partial charge is 0.370 e. The number of anilines is 1. The zero-order valence-electron chi connectivity index (χ0n) is 16.1. The van der Waals surface area contributed by atoms with Crippen molar-refractivity contribution in [2.24, 2.45) is 4.99 Å². The molecule has 0 fully saturated rings. The van der Waals surface area contributed by atoms with Crippen molar-refractivity contribution in [2.75, 3.05) is 31.6 Å². The van der Waals surface area contributed by atoms with Crippen LogP contribution in [0.25, 0.3) is 0 Å². The summed E-state index contributed by atoms with van der Waals surface area (Å²) in [6.07, 6.45) is 1.82. The van der Waals surface area contributed by atoms with Gasteiger partial charge >= 0.3 is 0 Å². The maximum atomic E-state index is 4.40. The number of likely N-dealkylation sites (N-methyl/N-ethyl adjacent to an activating group) is 1. The van der Waals surface area contributed by atoms with Crippen LogP contribution in [0.1, 0.15) is 23.7 Å². The highest BCUT2D eigenvalue weighted by Crippen LogP contribution is 2.14. The van der Waals surface area contributed by atoms with Crippen LogP contribution >= 0.6 is 24.0 Å². The van der Waals surface area contributed by atoms with Gasteiger partial charge in [-0.15, -0.1) is 24.0 Å². The third-order valence-electron chi connectivity index (χ3n) is 4.19. The van der Waals surface area contributed by atoms with Crippen LogP contribution in [0.4, 0.5) is 5.69 Å². The summed E-state index contributed by atoms with van der Waals surface area (Å²) in [7, 11) is 1.79. The van der Waals surface area contributed by atoms with E-state index in [2.05, 4.69) is 76.6 Å². The molecule has 0 spiro atoms. The molecule has 0 atom stereocenters. The maximum Gasteiger partial charge on any atom is 0.191 e. The van der Waals surface area contributed by atoms with Gasteiger partial charge in [-0.3, -0.25) is 9.98 Å². The van der Waals surface area contributed by atoms with Crippen LogP contribution in [0.15, 0.2) is 47.6 Å². The van der Waals surface area contributed by atoms with E-state index in [0.29, 0.717) is 6.54 Å². The van der Waals surface area contributed by atoms with E-state index in [-0.39, 0.29) is 24.0 Å². The summed E-state index contributed by atoms with van der Waals surface area (Å²) >= 11 is 0. The van der Waals surface area contributed by atoms with E-state index in [1.807, 2.05) is 12.3 Å². The Morgan fingerprint density at radius 3 is 2.62 bits per heavy atom. The molecule has 1 aromatic heterocycles. The topological polar surface area (TPSA) is 52.5 Å². The van der Waals surface area contributed by atoms with Gasteiger partial charge in [0.1, 0.15) is 0 Å². The maximum absolute atomic E-state index is 4.40. The average Bonchev–Trinajstić information content (AvgIpc) is 2.62. The van der Waals surface area contributed by atoms with E-state index < -0.39 is 0 Å². The molecule has 2 rings (SSSR count). The molecule has 0 amide bonds. The molecule has 0 aliphatic carbocycles. The normalized spacial score (nSPS) is 10.8. The van der Waals surface area contributed by atoms with E-state index in [9.17, 15) is 0 Å². The van der Waals surface area contributed by atoms with Gasteiger partial charge in [0, 0.05) is 38.6 Å². The minimum atomic E-state index is 0. The minimum Gasteiger partial charge on any atom is -0.370 e. The van der Waals surface area contributed by atoms with Gasteiger partial charge in [0.15, 0.2) is 5.96 Å². The summed E-state index contributed by atoms with van der Waals surface area (Å²) in [6, 6.07) is 12.6. The molecule has 0 saturated carbocycles. The Labute approximate surface area is 174 Å². The number of aromatic nitrogens is 1. The summed E-state index contributed by atoms with van der Waals surface area (Å²) in [5.74, 6) is 0.797. The second-order valence-electron chi connectivity index (χ2n) is 6.04. The Morgan fingerprint density at radius 2 is 1.96 bits per heavy atom. The third kappa shape index (κ3) is 6.82. The monoisotopic (exact) mass is 467 g/mol. The first-order chi connectivity index (χ1) is 12.1. The summed E-state index contributed by atoms with van der Waals surface area (Å²) in [5.41, 5.74) is 4.77. The number of rotatable bonds is 7. The molecule has 0 bridgehead atoms. The van der Waals surface area contributed by atoms with Crippen molar-refractivity contribution in [3.05, 3.63) is 59.4 Å². The van der Waals surface area contributed by atoms with Gasteiger partial charge < -0.3 is 15.5 Å². The smallest absolute Gasteiger partial charge is 0.191 e. The number of nitrogens with zero attached hydrogens (tertiary/aromatic N) is 3. The van der Waals surface area contributed by atoms with E-state index in [4.69, 9.17) is 0 Å². The van der Waals surface area contributed by atoms with Crippen LogP contribution in [0.5, 0.6) is 0 Å². The molecule has 26 heavy (non-hydrogen) atoms. The van der Waals surface area contributed by atoms with Gasteiger partial charge in [0.25, 0.3) is 0 Å². The SMILES string of the molecule is CCN(CCNC(=NC)NCc1ncccc1C)c1cccc(C)c1.I. The average molecular weight is 467 g/mol. The lowest BCUT2D eigenvalue weighted by Crippen LogP contribution is -2.41. The van der Waals surface area contributed by atoms with Crippen molar-refractivity contribution >= 4 is 35.6 Å². The first-order valence-electron chi connectivity index (χ1n) is 8.80. The molecule has 1 aromatic carbocycles. The zero-order valence-corrected chi connectivity index (χ0v) is 18.5. The highest BCUT2D eigenvalue weighted by atomic mass is 127. The number of aliphatic imine (C=N–C) groups is 1. The van der Waals surface area contributed by atoms with Crippen LogP contribution in [0, 0.1) is 13.8 Å². The van der Waals surface area contributed by atoms with Gasteiger partial charge in [0.2, 0.25) is 0 Å². The molecular weight excluding hydrogens is 437 g/mol. The van der Waals surface area contributed by atoms with E-state index >= 15 is 0 Å². The fourth-order valence-electron chi connectivity index (χ4n) is 2.70.